The smallest absolute Gasteiger partial charge is 0.282 e. The van der Waals surface area contributed by atoms with Crippen molar-refractivity contribution in [2.24, 2.45) is 0 Å². The van der Waals surface area contributed by atoms with Crippen LogP contribution in [0.5, 0.6) is 0 Å². The topological polar surface area (TPSA) is 49.4 Å². The van der Waals surface area contributed by atoms with Gasteiger partial charge in [0.25, 0.3) is 11.8 Å². The summed E-state index contributed by atoms with van der Waals surface area (Å²) in [5, 5.41) is 3.30. The molecule has 168 valence electrons. The molecule has 0 unspecified atom stereocenters. The second kappa shape index (κ2) is 8.36. The number of hydrogen-bond acceptors (Lipinski definition) is 3. The molecule has 0 radical (unpaired) electrons. The summed E-state index contributed by atoms with van der Waals surface area (Å²) in [5.41, 5.74) is 7.11. The van der Waals surface area contributed by atoms with Crippen LogP contribution < -0.4 is 10.2 Å². The first-order chi connectivity index (χ1) is 15.6. The zero-order chi connectivity index (χ0) is 23.9. The van der Waals surface area contributed by atoms with Crippen molar-refractivity contribution in [3.8, 4) is 0 Å². The molecule has 4 nitrogen and oxygen atoms in total. The predicted octanol–water partition coefficient (Wildman–Crippen LogP) is 6.31. The average Bonchev–Trinajstić information content (AvgIpc) is 3.00. The van der Waals surface area contributed by atoms with E-state index >= 15 is 0 Å². The summed E-state index contributed by atoms with van der Waals surface area (Å²) in [7, 11) is 0. The number of carbonyl (C=O) groups excluding carboxylic acids is 2. The Kier molecular flexibility index (Phi) is 5.71. The van der Waals surface area contributed by atoms with Gasteiger partial charge in [-0.2, -0.15) is 0 Å². The maximum Gasteiger partial charge on any atom is 0.282 e. The molecule has 1 aliphatic heterocycles. The maximum atomic E-state index is 13.6. The number of hydrogen-bond donors (Lipinski definition) is 1. The van der Waals surface area contributed by atoms with Crippen molar-refractivity contribution < 1.29 is 9.59 Å². The van der Waals surface area contributed by atoms with Crippen LogP contribution in [0.4, 0.5) is 11.4 Å². The molecule has 0 atom stereocenters. The van der Waals surface area contributed by atoms with E-state index < -0.39 is 0 Å². The summed E-state index contributed by atoms with van der Waals surface area (Å²) in [4.78, 5) is 28.6. The minimum Gasteiger partial charge on any atom is -0.350 e. The highest BCUT2D eigenvalue weighted by molar-refractivity contribution is 6.46. The Morgan fingerprint density at radius 2 is 1.33 bits per heavy atom. The fourth-order valence-corrected chi connectivity index (χ4v) is 3.98. The number of nitrogens with one attached hydrogen (secondary N) is 1. The van der Waals surface area contributed by atoms with Gasteiger partial charge in [-0.15, -0.1) is 0 Å². The number of anilines is 2. The van der Waals surface area contributed by atoms with E-state index in [4.69, 9.17) is 0 Å². The van der Waals surface area contributed by atoms with Crippen LogP contribution in [-0.2, 0) is 15.0 Å². The summed E-state index contributed by atoms with van der Waals surface area (Å²) in [6, 6.07) is 21.4. The molecule has 0 bridgehead atoms. The Bertz CT molecular complexity index is 1260. The van der Waals surface area contributed by atoms with Gasteiger partial charge in [-0.05, 0) is 66.6 Å². The monoisotopic (exact) mass is 438 g/mol. The van der Waals surface area contributed by atoms with Crippen LogP contribution in [0.3, 0.4) is 0 Å². The first-order valence-corrected chi connectivity index (χ1v) is 11.2. The number of benzene rings is 3. The SMILES string of the molecule is Cc1ccc(C2=C(Nc3cc(C)ccc3C)C(=O)N(c3ccc(C(C)(C)C)cc3)C2=O)cc1. The molecule has 0 saturated heterocycles. The largest absolute Gasteiger partial charge is 0.350 e. The molecular weight excluding hydrogens is 408 g/mol. The molecule has 2 amide bonds. The minimum atomic E-state index is -0.347. The first kappa shape index (κ1) is 22.5. The normalized spacial score (nSPS) is 14.3. The quantitative estimate of drug-likeness (QED) is 0.486. The van der Waals surface area contributed by atoms with Gasteiger partial charge in [-0.1, -0.05) is 74.9 Å². The van der Waals surface area contributed by atoms with Crippen molar-refractivity contribution in [3.63, 3.8) is 0 Å². The van der Waals surface area contributed by atoms with Gasteiger partial charge >= 0.3 is 0 Å². The number of nitrogens with zero attached hydrogens (tertiary/aromatic N) is 1. The van der Waals surface area contributed by atoms with E-state index in [0.29, 0.717) is 17.0 Å². The molecular formula is C29H30N2O2. The van der Waals surface area contributed by atoms with Crippen molar-refractivity contribution in [1.29, 1.82) is 0 Å². The lowest BCUT2D eigenvalue weighted by molar-refractivity contribution is -0.120. The lowest BCUT2D eigenvalue weighted by Crippen LogP contribution is -2.32. The van der Waals surface area contributed by atoms with Crippen LogP contribution in [0.1, 0.15) is 48.6 Å². The third kappa shape index (κ3) is 4.34. The van der Waals surface area contributed by atoms with Gasteiger partial charge in [0.15, 0.2) is 0 Å². The van der Waals surface area contributed by atoms with Gasteiger partial charge < -0.3 is 5.32 Å². The fourth-order valence-electron chi connectivity index (χ4n) is 3.98. The average molecular weight is 439 g/mol. The first-order valence-electron chi connectivity index (χ1n) is 11.2. The summed E-state index contributed by atoms with van der Waals surface area (Å²) in [5.74, 6) is -0.667. The van der Waals surface area contributed by atoms with Crippen LogP contribution in [0.25, 0.3) is 5.57 Å². The van der Waals surface area contributed by atoms with Crippen LogP contribution in [-0.4, -0.2) is 11.8 Å². The Morgan fingerprint density at radius 1 is 0.727 bits per heavy atom. The van der Waals surface area contributed by atoms with E-state index in [1.165, 1.54) is 4.90 Å². The van der Waals surface area contributed by atoms with Gasteiger partial charge in [-0.3, -0.25) is 9.59 Å². The summed E-state index contributed by atoms with van der Waals surface area (Å²) in [6.07, 6.45) is 0. The minimum absolute atomic E-state index is 0.0156. The zero-order valence-electron chi connectivity index (χ0n) is 20.1. The van der Waals surface area contributed by atoms with Crippen molar-refractivity contribution in [3.05, 3.63) is 100 Å². The second-order valence-corrected chi connectivity index (χ2v) is 9.80. The van der Waals surface area contributed by atoms with Crippen LogP contribution in [0.2, 0.25) is 0 Å². The standard InChI is InChI=1S/C29H30N2O2/c1-18-8-11-21(12-9-18)25-26(30-24-17-19(2)7-10-20(24)3)28(33)31(27(25)32)23-15-13-22(14-16-23)29(4,5)6/h7-17,30H,1-6H3. The molecule has 0 saturated carbocycles. The summed E-state index contributed by atoms with van der Waals surface area (Å²) < 4.78 is 0. The maximum absolute atomic E-state index is 13.6. The molecule has 1 N–H and O–H groups in total. The van der Waals surface area contributed by atoms with Crippen molar-refractivity contribution in [1.82, 2.24) is 0 Å². The zero-order valence-corrected chi connectivity index (χ0v) is 20.1. The van der Waals surface area contributed by atoms with E-state index in [9.17, 15) is 9.59 Å². The number of aryl methyl sites for hydroxylation is 3. The Labute approximate surface area is 195 Å². The lowest BCUT2D eigenvalue weighted by Gasteiger charge is -2.21. The highest BCUT2D eigenvalue weighted by atomic mass is 16.2. The molecule has 33 heavy (non-hydrogen) atoms. The molecule has 4 heteroatoms. The molecule has 0 fully saturated rings. The Balaban J connectivity index is 1.80. The fraction of sp³-hybridized carbons (Fsp3) is 0.241. The highest BCUT2D eigenvalue weighted by Gasteiger charge is 2.40. The van der Waals surface area contributed by atoms with E-state index in [1.54, 1.807) is 0 Å². The summed E-state index contributed by atoms with van der Waals surface area (Å²) >= 11 is 0. The molecule has 3 aromatic carbocycles. The van der Waals surface area contributed by atoms with Gasteiger partial charge in [0.2, 0.25) is 0 Å². The Morgan fingerprint density at radius 3 is 1.94 bits per heavy atom. The van der Waals surface area contributed by atoms with E-state index in [0.717, 1.165) is 33.5 Å². The van der Waals surface area contributed by atoms with Crippen molar-refractivity contribution >= 4 is 28.8 Å². The van der Waals surface area contributed by atoms with E-state index in [-0.39, 0.29) is 17.2 Å². The molecule has 0 spiro atoms. The van der Waals surface area contributed by atoms with Gasteiger partial charge in [0.1, 0.15) is 5.70 Å². The van der Waals surface area contributed by atoms with Gasteiger partial charge in [0, 0.05) is 5.69 Å². The predicted molar refractivity (Wildman–Crippen MR) is 135 cm³/mol. The molecule has 4 rings (SSSR count). The van der Waals surface area contributed by atoms with Crippen LogP contribution in [0, 0.1) is 20.8 Å². The number of rotatable bonds is 4. The van der Waals surface area contributed by atoms with Gasteiger partial charge in [-0.25, -0.2) is 4.90 Å². The van der Waals surface area contributed by atoms with Crippen LogP contribution >= 0.6 is 0 Å². The number of carbonyl (C=O) groups is 2. The van der Waals surface area contributed by atoms with Crippen LogP contribution in [0.15, 0.2) is 72.4 Å². The summed E-state index contributed by atoms with van der Waals surface area (Å²) in [6.45, 7) is 12.4. The molecule has 0 aliphatic carbocycles. The Hall–Kier alpha value is -3.66. The number of amides is 2. The number of imide groups is 1. The third-order valence-corrected chi connectivity index (χ3v) is 6.07. The molecule has 1 heterocycles. The molecule has 1 aliphatic rings. The second-order valence-electron chi connectivity index (χ2n) is 9.80. The lowest BCUT2D eigenvalue weighted by atomic mass is 9.87. The van der Waals surface area contributed by atoms with E-state index in [1.807, 2.05) is 87.5 Å². The van der Waals surface area contributed by atoms with Gasteiger partial charge in [0.05, 0.1) is 11.3 Å². The molecule has 0 aromatic heterocycles. The molecule has 3 aromatic rings. The van der Waals surface area contributed by atoms with Crippen molar-refractivity contribution in [2.75, 3.05) is 10.2 Å². The third-order valence-electron chi connectivity index (χ3n) is 6.07. The highest BCUT2D eigenvalue weighted by Crippen LogP contribution is 2.35. The van der Waals surface area contributed by atoms with Crippen molar-refractivity contribution in [2.45, 2.75) is 47.0 Å². The van der Waals surface area contributed by atoms with E-state index in [2.05, 4.69) is 26.1 Å².